The molecule has 1 aliphatic carbocycles. The Labute approximate surface area is 221 Å². The monoisotopic (exact) mass is 523 g/mol. The van der Waals surface area contributed by atoms with Gasteiger partial charge in [0, 0.05) is 35.8 Å². The van der Waals surface area contributed by atoms with E-state index in [1.54, 1.807) is 12.1 Å². The lowest BCUT2D eigenvalue weighted by Gasteiger charge is -2.32. The van der Waals surface area contributed by atoms with Gasteiger partial charge in [-0.15, -0.1) is 0 Å². The molecule has 1 amide bonds. The van der Waals surface area contributed by atoms with Gasteiger partial charge in [0.15, 0.2) is 0 Å². The number of hydrogen-bond acceptors (Lipinski definition) is 6. The fourth-order valence-corrected chi connectivity index (χ4v) is 4.68. The SMILES string of the molecule is CC1CCCCN1C/C=C/C(=O)Nc1cc2c(Nc3ccc(F)c(Cl)c3)ncnc2cc1OCC1CC1. The average Bonchev–Trinajstić information content (AvgIpc) is 3.71. The highest BCUT2D eigenvalue weighted by molar-refractivity contribution is 6.31. The molecule has 2 aliphatic rings. The minimum Gasteiger partial charge on any atom is -0.491 e. The predicted octanol–water partition coefficient (Wildman–Crippen LogP) is 6.32. The number of nitrogens with zero attached hydrogens (tertiary/aromatic N) is 3. The van der Waals surface area contributed by atoms with Crippen LogP contribution < -0.4 is 15.4 Å². The molecule has 7 nitrogen and oxygen atoms in total. The minimum atomic E-state index is -0.495. The molecule has 0 spiro atoms. The van der Waals surface area contributed by atoms with Crippen molar-refractivity contribution in [3.63, 3.8) is 0 Å². The molecule has 194 valence electrons. The molecule has 0 radical (unpaired) electrons. The molecule has 9 heteroatoms. The van der Waals surface area contributed by atoms with E-state index in [1.807, 2.05) is 18.2 Å². The van der Waals surface area contributed by atoms with Crippen molar-refractivity contribution >= 4 is 45.6 Å². The maximum Gasteiger partial charge on any atom is 0.248 e. The second-order valence-corrected chi connectivity index (χ2v) is 10.2. The standard InChI is InChI=1S/C28H31ClFN5O2/c1-18-5-2-3-11-35(18)12-4-6-27(36)34-25-14-21-24(15-26(25)37-16-19-7-8-19)31-17-32-28(21)33-20-9-10-23(30)22(29)13-20/h4,6,9-10,13-15,17-19H,2-3,5,7-8,11-12,16H2,1H3,(H,34,36)(H,31,32,33)/b6-4+. The number of likely N-dealkylation sites (tertiary alicyclic amines) is 1. The van der Waals surface area contributed by atoms with Crippen LogP contribution in [0.2, 0.25) is 5.02 Å². The maximum atomic E-state index is 13.6. The Morgan fingerprint density at radius 2 is 2.08 bits per heavy atom. The number of hydrogen-bond donors (Lipinski definition) is 2. The lowest BCUT2D eigenvalue weighted by Crippen LogP contribution is -2.37. The number of fused-ring (bicyclic) bond motifs is 1. The average molecular weight is 524 g/mol. The number of aromatic nitrogens is 2. The van der Waals surface area contributed by atoms with Gasteiger partial charge < -0.3 is 15.4 Å². The van der Waals surface area contributed by atoms with Crippen LogP contribution in [-0.4, -0.2) is 46.5 Å². The fourth-order valence-electron chi connectivity index (χ4n) is 4.50. The van der Waals surface area contributed by atoms with E-state index in [2.05, 4.69) is 32.4 Å². The minimum absolute atomic E-state index is 0.0119. The third-order valence-corrected chi connectivity index (χ3v) is 7.19. The van der Waals surface area contributed by atoms with E-state index in [1.165, 1.54) is 37.7 Å². The number of rotatable bonds is 9. The molecule has 1 unspecified atom stereocenters. The van der Waals surface area contributed by atoms with E-state index in [0.29, 0.717) is 52.4 Å². The quantitative estimate of drug-likeness (QED) is 0.319. The van der Waals surface area contributed by atoms with Crippen LogP contribution in [-0.2, 0) is 4.79 Å². The molecule has 1 aliphatic heterocycles. The van der Waals surface area contributed by atoms with Gasteiger partial charge in [0.25, 0.3) is 0 Å². The summed E-state index contributed by atoms with van der Waals surface area (Å²) in [6.07, 6.45) is 10.9. The highest BCUT2D eigenvalue weighted by Crippen LogP contribution is 2.36. The summed E-state index contributed by atoms with van der Waals surface area (Å²) in [5.41, 5.74) is 1.79. The molecular formula is C28H31ClFN5O2. The van der Waals surface area contributed by atoms with Crippen molar-refractivity contribution in [1.82, 2.24) is 14.9 Å². The highest BCUT2D eigenvalue weighted by Gasteiger charge is 2.23. The van der Waals surface area contributed by atoms with Gasteiger partial charge in [-0.1, -0.05) is 24.1 Å². The van der Waals surface area contributed by atoms with E-state index in [4.69, 9.17) is 16.3 Å². The second kappa shape index (κ2) is 11.4. The van der Waals surface area contributed by atoms with Crippen LogP contribution in [0.25, 0.3) is 10.9 Å². The van der Waals surface area contributed by atoms with Gasteiger partial charge in [-0.3, -0.25) is 9.69 Å². The first-order valence-corrected chi connectivity index (χ1v) is 13.2. The van der Waals surface area contributed by atoms with E-state index in [9.17, 15) is 9.18 Å². The molecule has 1 saturated heterocycles. The van der Waals surface area contributed by atoms with Crippen molar-refractivity contribution in [3.8, 4) is 5.75 Å². The topological polar surface area (TPSA) is 79.4 Å². The Bertz CT molecular complexity index is 1310. The highest BCUT2D eigenvalue weighted by atomic mass is 35.5. The number of benzene rings is 2. The number of piperidine rings is 1. The van der Waals surface area contributed by atoms with Gasteiger partial charge in [-0.2, -0.15) is 0 Å². The van der Waals surface area contributed by atoms with Gasteiger partial charge in [-0.05, 0) is 69.3 Å². The third kappa shape index (κ3) is 6.56. The Morgan fingerprint density at radius 1 is 1.22 bits per heavy atom. The molecule has 1 aromatic heterocycles. The Morgan fingerprint density at radius 3 is 2.86 bits per heavy atom. The first kappa shape index (κ1) is 25.4. The molecule has 5 rings (SSSR count). The van der Waals surface area contributed by atoms with Crippen LogP contribution in [0, 0.1) is 11.7 Å². The van der Waals surface area contributed by atoms with Gasteiger partial charge >= 0.3 is 0 Å². The fraction of sp³-hybridized carbons (Fsp3) is 0.393. The van der Waals surface area contributed by atoms with Gasteiger partial charge in [0.2, 0.25) is 5.91 Å². The van der Waals surface area contributed by atoms with Crippen molar-refractivity contribution in [3.05, 3.63) is 59.7 Å². The van der Waals surface area contributed by atoms with E-state index in [-0.39, 0.29) is 10.9 Å². The molecule has 2 fully saturated rings. The zero-order chi connectivity index (χ0) is 25.8. The maximum absolute atomic E-state index is 13.6. The smallest absolute Gasteiger partial charge is 0.248 e. The van der Waals surface area contributed by atoms with Crippen molar-refractivity contribution in [2.24, 2.45) is 5.92 Å². The van der Waals surface area contributed by atoms with Gasteiger partial charge in [0.05, 0.1) is 22.8 Å². The summed E-state index contributed by atoms with van der Waals surface area (Å²) in [7, 11) is 0. The molecule has 1 atom stereocenters. The van der Waals surface area contributed by atoms with Gasteiger partial charge in [-0.25, -0.2) is 14.4 Å². The summed E-state index contributed by atoms with van der Waals surface area (Å²) >= 11 is 5.94. The molecule has 3 aromatic rings. The summed E-state index contributed by atoms with van der Waals surface area (Å²) in [4.78, 5) is 24.0. The van der Waals surface area contributed by atoms with Crippen LogP contribution in [0.5, 0.6) is 5.75 Å². The molecule has 37 heavy (non-hydrogen) atoms. The van der Waals surface area contributed by atoms with Crippen molar-refractivity contribution in [2.45, 2.75) is 45.1 Å². The summed E-state index contributed by atoms with van der Waals surface area (Å²) in [6.45, 7) is 4.64. The Balaban J connectivity index is 1.38. The van der Waals surface area contributed by atoms with Crippen LogP contribution in [0.4, 0.5) is 21.6 Å². The number of carbonyl (C=O) groups is 1. The Hall–Kier alpha value is -3.23. The number of nitrogens with one attached hydrogen (secondary N) is 2. The van der Waals surface area contributed by atoms with Crippen molar-refractivity contribution in [1.29, 1.82) is 0 Å². The lowest BCUT2D eigenvalue weighted by molar-refractivity contribution is -0.111. The second-order valence-electron chi connectivity index (χ2n) is 9.83. The Kier molecular flexibility index (Phi) is 7.86. The number of amides is 1. The normalized spacial score (nSPS) is 18.3. The molecule has 2 N–H and O–H groups in total. The predicted molar refractivity (Wildman–Crippen MR) is 145 cm³/mol. The number of anilines is 3. The molecule has 2 heterocycles. The zero-order valence-corrected chi connectivity index (χ0v) is 21.6. The summed E-state index contributed by atoms with van der Waals surface area (Å²) in [6, 6.07) is 8.53. The van der Waals surface area contributed by atoms with Crippen LogP contribution in [0.3, 0.4) is 0 Å². The van der Waals surface area contributed by atoms with Crippen LogP contribution in [0.15, 0.2) is 48.8 Å². The van der Waals surface area contributed by atoms with Crippen LogP contribution in [0.1, 0.15) is 39.0 Å². The van der Waals surface area contributed by atoms with E-state index >= 15 is 0 Å². The third-order valence-electron chi connectivity index (χ3n) is 6.90. The largest absolute Gasteiger partial charge is 0.491 e. The summed E-state index contributed by atoms with van der Waals surface area (Å²) in [5.74, 6) is 0.908. The van der Waals surface area contributed by atoms with Gasteiger partial charge in [0.1, 0.15) is 23.7 Å². The van der Waals surface area contributed by atoms with Crippen molar-refractivity contribution < 1.29 is 13.9 Å². The molecule has 2 aromatic carbocycles. The number of ether oxygens (including phenoxy) is 1. The zero-order valence-electron chi connectivity index (χ0n) is 20.8. The van der Waals surface area contributed by atoms with Crippen LogP contribution >= 0.6 is 11.6 Å². The first-order chi connectivity index (χ1) is 18.0. The summed E-state index contributed by atoms with van der Waals surface area (Å²) in [5, 5.41) is 6.85. The molecule has 0 bridgehead atoms. The molecular weight excluding hydrogens is 493 g/mol. The number of carbonyl (C=O) groups excluding carboxylic acids is 1. The first-order valence-electron chi connectivity index (χ1n) is 12.8. The molecule has 1 saturated carbocycles. The summed E-state index contributed by atoms with van der Waals surface area (Å²) < 4.78 is 19.7. The lowest BCUT2D eigenvalue weighted by atomic mass is 10.0. The van der Waals surface area contributed by atoms with Crippen molar-refractivity contribution in [2.75, 3.05) is 30.3 Å². The van der Waals surface area contributed by atoms with E-state index < -0.39 is 5.82 Å². The van der Waals surface area contributed by atoms with E-state index in [0.717, 1.165) is 25.9 Å². The number of halogens is 2.